The first-order valence-electron chi connectivity index (χ1n) is 6.15. The van der Waals surface area contributed by atoms with E-state index in [0.29, 0.717) is 10.5 Å². The summed E-state index contributed by atoms with van der Waals surface area (Å²) in [5.41, 5.74) is 5.99. The van der Waals surface area contributed by atoms with E-state index in [-0.39, 0.29) is 17.9 Å². The van der Waals surface area contributed by atoms with Gasteiger partial charge in [0.2, 0.25) is 5.91 Å². The zero-order chi connectivity index (χ0) is 12.3. The first-order valence-corrected chi connectivity index (χ1v) is 7.09. The van der Waals surface area contributed by atoms with Gasteiger partial charge >= 0.3 is 0 Å². The van der Waals surface area contributed by atoms with E-state index in [2.05, 4.69) is 20.8 Å². The van der Waals surface area contributed by atoms with Crippen molar-refractivity contribution >= 4 is 17.7 Å². The van der Waals surface area contributed by atoms with Crippen LogP contribution < -0.4 is 5.73 Å². The monoisotopic (exact) mass is 244 g/mol. The lowest BCUT2D eigenvalue weighted by molar-refractivity contribution is -0.133. The molecule has 1 heterocycles. The number of nitrogens with two attached hydrogens (primary N) is 1. The molecule has 4 atom stereocenters. The number of hydrogen-bond acceptors (Lipinski definition) is 3. The third-order valence-corrected chi connectivity index (χ3v) is 4.50. The van der Waals surface area contributed by atoms with Crippen LogP contribution >= 0.6 is 11.8 Å². The van der Waals surface area contributed by atoms with E-state index in [1.54, 1.807) is 0 Å². The summed E-state index contributed by atoms with van der Waals surface area (Å²) in [5, 5.41) is 1.05. The molecule has 0 aliphatic carbocycles. The minimum atomic E-state index is -0.326. The molecule has 2 N–H and O–H groups in total. The lowest BCUT2D eigenvalue weighted by Crippen LogP contribution is -2.52. The Kier molecular flexibility index (Phi) is 5.12. The van der Waals surface area contributed by atoms with Crippen molar-refractivity contribution in [3.8, 4) is 0 Å². The molecular weight excluding hydrogens is 220 g/mol. The molecule has 0 saturated carbocycles. The maximum absolute atomic E-state index is 12.2. The first-order chi connectivity index (χ1) is 7.45. The molecule has 1 saturated heterocycles. The second-order valence-electron chi connectivity index (χ2n) is 4.91. The molecule has 0 spiro atoms. The standard InChI is InChI=1S/C12H24N2OS/c1-5-8(2)11(13)12(15)14-6-9(3)16-10(4)7-14/h8-11H,5-7,13H2,1-4H3. The third-order valence-electron chi connectivity index (χ3n) is 3.27. The molecule has 3 nitrogen and oxygen atoms in total. The number of thioether (sulfide) groups is 1. The minimum absolute atomic E-state index is 0.133. The number of carbonyl (C=O) groups excluding carboxylic acids is 1. The Bertz CT molecular complexity index is 237. The summed E-state index contributed by atoms with van der Waals surface area (Å²) in [6.45, 7) is 10.2. The van der Waals surface area contributed by atoms with Gasteiger partial charge < -0.3 is 10.6 Å². The van der Waals surface area contributed by atoms with Gasteiger partial charge in [-0.15, -0.1) is 0 Å². The van der Waals surface area contributed by atoms with Gasteiger partial charge in [-0.05, 0) is 5.92 Å². The Hall–Kier alpha value is -0.220. The second-order valence-corrected chi connectivity index (χ2v) is 6.79. The van der Waals surface area contributed by atoms with Crippen molar-refractivity contribution < 1.29 is 4.79 Å². The Morgan fingerprint density at radius 1 is 1.44 bits per heavy atom. The zero-order valence-corrected chi connectivity index (χ0v) is 11.6. The van der Waals surface area contributed by atoms with Gasteiger partial charge in [-0.1, -0.05) is 34.1 Å². The van der Waals surface area contributed by atoms with Crippen molar-refractivity contribution in [2.45, 2.75) is 50.7 Å². The van der Waals surface area contributed by atoms with Crippen molar-refractivity contribution in [1.82, 2.24) is 4.90 Å². The smallest absolute Gasteiger partial charge is 0.239 e. The summed E-state index contributed by atoms with van der Waals surface area (Å²) in [5.74, 6) is 0.404. The van der Waals surface area contributed by atoms with E-state index in [9.17, 15) is 4.79 Å². The van der Waals surface area contributed by atoms with Gasteiger partial charge in [-0.3, -0.25) is 4.79 Å². The van der Waals surface area contributed by atoms with Crippen molar-refractivity contribution in [3.05, 3.63) is 0 Å². The molecule has 0 aromatic carbocycles. The van der Waals surface area contributed by atoms with Gasteiger partial charge in [0.1, 0.15) is 0 Å². The van der Waals surface area contributed by atoms with Crippen molar-refractivity contribution in [3.63, 3.8) is 0 Å². The van der Waals surface area contributed by atoms with Gasteiger partial charge in [0.25, 0.3) is 0 Å². The highest BCUT2D eigenvalue weighted by atomic mass is 32.2. The van der Waals surface area contributed by atoms with Crippen LogP contribution in [0.1, 0.15) is 34.1 Å². The molecule has 94 valence electrons. The van der Waals surface area contributed by atoms with Crippen LogP contribution in [0.15, 0.2) is 0 Å². The van der Waals surface area contributed by atoms with Crippen LogP contribution in [0.25, 0.3) is 0 Å². The van der Waals surface area contributed by atoms with Gasteiger partial charge in [-0.25, -0.2) is 0 Å². The molecule has 0 aromatic heterocycles. The van der Waals surface area contributed by atoms with Crippen LogP contribution in [0, 0.1) is 5.92 Å². The topological polar surface area (TPSA) is 46.3 Å². The van der Waals surface area contributed by atoms with Crippen LogP contribution in [0.4, 0.5) is 0 Å². The molecule has 4 unspecified atom stereocenters. The van der Waals surface area contributed by atoms with Gasteiger partial charge in [0.05, 0.1) is 6.04 Å². The molecule has 0 radical (unpaired) electrons. The van der Waals surface area contributed by atoms with Crippen molar-refractivity contribution in [2.24, 2.45) is 11.7 Å². The summed E-state index contributed by atoms with van der Waals surface area (Å²) < 4.78 is 0. The van der Waals surface area contributed by atoms with E-state index in [4.69, 9.17) is 5.73 Å². The summed E-state index contributed by atoms with van der Waals surface area (Å²) >= 11 is 1.95. The van der Waals surface area contributed by atoms with E-state index in [1.165, 1.54) is 0 Å². The zero-order valence-electron chi connectivity index (χ0n) is 10.8. The van der Waals surface area contributed by atoms with Gasteiger partial charge in [0.15, 0.2) is 0 Å². The molecule has 16 heavy (non-hydrogen) atoms. The molecule has 0 aromatic rings. The highest BCUT2D eigenvalue weighted by Crippen LogP contribution is 2.25. The molecule has 1 fully saturated rings. The lowest BCUT2D eigenvalue weighted by atomic mass is 9.98. The van der Waals surface area contributed by atoms with Crippen LogP contribution in [0.3, 0.4) is 0 Å². The number of rotatable bonds is 3. The maximum Gasteiger partial charge on any atom is 0.239 e. The number of amides is 1. The van der Waals surface area contributed by atoms with E-state index in [0.717, 1.165) is 19.5 Å². The third kappa shape index (κ3) is 3.39. The van der Waals surface area contributed by atoms with E-state index < -0.39 is 0 Å². The Morgan fingerprint density at radius 2 is 1.94 bits per heavy atom. The van der Waals surface area contributed by atoms with Crippen LogP contribution in [-0.2, 0) is 4.79 Å². The molecule has 1 aliphatic heterocycles. The molecule has 0 bridgehead atoms. The second kappa shape index (κ2) is 5.92. The summed E-state index contributed by atoms with van der Waals surface area (Å²) in [6, 6.07) is -0.326. The summed E-state index contributed by atoms with van der Waals surface area (Å²) in [7, 11) is 0. The predicted molar refractivity (Wildman–Crippen MR) is 70.5 cm³/mol. The fourth-order valence-electron chi connectivity index (χ4n) is 2.07. The molecule has 1 amide bonds. The molecular formula is C12H24N2OS. The predicted octanol–water partition coefficient (Wildman–Crippen LogP) is 1.71. The number of hydrogen-bond donors (Lipinski definition) is 1. The first kappa shape index (κ1) is 13.8. The minimum Gasteiger partial charge on any atom is -0.339 e. The lowest BCUT2D eigenvalue weighted by Gasteiger charge is -2.36. The molecule has 1 aliphatic rings. The summed E-state index contributed by atoms with van der Waals surface area (Å²) in [4.78, 5) is 14.1. The van der Waals surface area contributed by atoms with Crippen molar-refractivity contribution in [2.75, 3.05) is 13.1 Å². The SMILES string of the molecule is CCC(C)C(N)C(=O)N1CC(C)SC(C)C1. The Morgan fingerprint density at radius 3 is 2.38 bits per heavy atom. The highest BCUT2D eigenvalue weighted by Gasteiger charge is 2.30. The van der Waals surface area contributed by atoms with Crippen LogP contribution in [0.5, 0.6) is 0 Å². The average Bonchev–Trinajstić information content (AvgIpc) is 2.24. The Balaban J connectivity index is 2.59. The normalized spacial score (nSPS) is 29.9. The number of nitrogens with zero attached hydrogens (tertiary/aromatic N) is 1. The van der Waals surface area contributed by atoms with Crippen LogP contribution in [-0.4, -0.2) is 40.4 Å². The number of carbonyl (C=O) groups is 1. The quantitative estimate of drug-likeness (QED) is 0.822. The molecule has 4 heteroatoms. The average molecular weight is 244 g/mol. The maximum atomic E-state index is 12.2. The van der Waals surface area contributed by atoms with Gasteiger partial charge in [-0.2, -0.15) is 11.8 Å². The highest BCUT2D eigenvalue weighted by molar-refractivity contribution is 8.00. The van der Waals surface area contributed by atoms with Crippen LogP contribution in [0.2, 0.25) is 0 Å². The van der Waals surface area contributed by atoms with E-state index >= 15 is 0 Å². The van der Waals surface area contributed by atoms with E-state index in [1.807, 2.05) is 23.6 Å². The molecule has 1 rings (SSSR count). The Labute approximate surface area is 103 Å². The largest absolute Gasteiger partial charge is 0.339 e. The fraction of sp³-hybridized carbons (Fsp3) is 0.917. The summed E-state index contributed by atoms with van der Waals surface area (Å²) in [6.07, 6.45) is 0.959. The van der Waals surface area contributed by atoms with Gasteiger partial charge in [0, 0.05) is 23.6 Å². The fourth-order valence-corrected chi connectivity index (χ4v) is 3.39. The van der Waals surface area contributed by atoms with Crippen molar-refractivity contribution in [1.29, 1.82) is 0 Å².